The van der Waals surface area contributed by atoms with Gasteiger partial charge in [0.05, 0.1) is 5.02 Å². The highest BCUT2D eigenvalue weighted by atomic mass is 79.9. The zero-order valence-corrected chi connectivity index (χ0v) is 8.89. The number of halogens is 2. The van der Waals surface area contributed by atoms with Crippen LogP contribution in [-0.4, -0.2) is 11.2 Å². The molecule has 0 saturated heterocycles. The highest BCUT2D eigenvalue weighted by Crippen LogP contribution is 2.25. The number of carbonyl (C=O) groups is 1. The zero-order chi connectivity index (χ0) is 9.84. The summed E-state index contributed by atoms with van der Waals surface area (Å²) in [6.07, 6.45) is -1.05. The first-order chi connectivity index (χ1) is 6.11. The van der Waals surface area contributed by atoms with Crippen LogP contribution in [0.25, 0.3) is 0 Å². The molecule has 0 fully saturated rings. The van der Waals surface area contributed by atoms with Crippen LogP contribution in [0.4, 0.5) is 4.79 Å². The van der Waals surface area contributed by atoms with Crippen molar-refractivity contribution < 1.29 is 9.90 Å². The van der Waals surface area contributed by atoms with E-state index in [9.17, 15) is 4.79 Å². The lowest BCUT2D eigenvalue weighted by molar-refractivity contribution is 0.194. The fraction of sp³-hybridized carbons (Fsp3) is 0.125. The van der Waals surface area contributed by atoms with Gasteiger partial charge in [0.15, 0.2) is 0 Å². The Labute approximate surface area is 88.8 Å². The predicted octanol–water partition coefficient (Wildman–Crippen LogP) is 2.87. The van der Waals surface area contributed by atoms with Crippen molar-refractivity contribution in [1.82, 2.24) is 5.32 Å². The van der Waals surface area contributed by atoms with Gasteiger partial charge in [-0.1, -0.05) is 23.7 Å². The van der Waals surface area contributed by atoms with Gasteiger partial charge >= 0.3 is 6.09 Å². The fourth-order valence-corrected chi connectivity index (χ4v) is 1.45. The summed E-state index contributed by atoms with van der Waals surface area (Å²) in [4.78, 5) is 10.2. The highest BCUT2D eigenvalue weighted by Gasteiger charge is 2.04. The average Bonchev–Trinajstić information content (AvgIpc) is 2.07. The third-order valence-electron chi connectivity index (χ3n) is 1.46. The highest BCUT2D eigenvalue weighted by molar-refractivity contribution is 9.10. The maximum atomic E-state index is 10.2. The molecule has 5 heteroatoms. The third-order valence-corrected chi connectivity index (χ3v) is 2.94. The van der Waals surface area contributed by atoms with Gasteiger partial charge in [0.1, 0.15) is 0 Å². The Bertz CT molecular complexity index is 330. The molecule has 0 saturated carbocycles. The van der Waals surface area contributed by atoms with E-state index in [-0.39, 0.29) is 6.54 Å². The van der Waals surface area contributed by atoms with Crippen molar-refractivity contribution in [3.8, 4) is 0 Å². The fourth-order valence-electron chi connectivity index (χ4n) is 0.856. The quantitative estimate of drug-likeness (QED) is 0.863. The van der Waals surface area contributed by atoms with Gasteiger partial charge in [-0.15, -0.1) is 0 Å². The summed E-state index contributed by atoms with van der Waals surface area (Å²) in [7, 11) is 0. The molecule has 0 aliphatic heterocycles. The predicted molar refractivity (Wildman–Crippen MR) is 54.0 cm³/mol. The lowest BCUT2D eigenvalue weighted by Crippen LogP contribution is -2.20. The first-order valence-electron chi connectivity index (χ1n) is 3.51. The van der Waals surface area contributed by atoms with Crippen LogP contribution in [0, 0.1) is 0 Å². The summed E-state index contributed by atoms with van der Waals surface area (Å²) < 4.78 is 0.727. The van der Waals surface area contributed by atoms with Crippen LogP contribution in [0.3, 0.4) is 0 Å². The van der Waals surface area contributed by atoms with Crippen LogP contribution in [0.15, 0.2) is 22.7 Å². The molecule has 1 rings (SSSR count). The second kappa shape index (κ2) is 4.48. The first kappa shape index (κ1) is 10.3. The molecule has 0 unspecified atom stereocenters. The normalized spacial score (nSPS) is 9.69. The van der Waals surface area contributed by atoms with Crippen molar-refractivity contribution in [3.63, 3.8) is 0 Å². The first-order valence-corrected chi connectivity index (χ1v) is 4.68. The summed E-state index contributed by atoms with van der Waals surface area (Å²) in [6, 6.07) is 5.30. The van der Waals surface area contributed by atoms with Gasteiger partial charge in [0.2, 0.25) is 0 Å². The van der Waals surface area contributed by atoms with Crippen LogP contribution >= 0.6 is 27.5 Å². The molecule has 0 aliphatic rings. The van der Waals surface area contributed by atoms with E-state index in [1.807, 2.05) is 0 Å². The molecule has 70 valence electrons. The van der Waals surface area contributed by atoms with Crippen LogP contribution in [0.2, 0.25) is 5.02 Å². The molecule has 0 radical (unpaired) electrons. The molecule has 0 heterocycles. The van der Waals surface area contributed by atoms with Crippen LogP contribution in [-0.2, 0) is 6.54 Å². The largest absolute Gasteiger partial charge is 0.465 e. The molecule has 0 atom stereocenters. The molecule has 3 nitrogen and oxygen atoms in total. The third kappa shape index (κ3) is 2.90. The van der Waals surface area contributed by atoms with E-state index in [4.69, 9.17) is 16.7 Å². The van der Waals surface area contributed by atoms with Crippen molar-refractivity contribution in [2.45, 2.75) is 6.54 Å². The number of hydrogen-bond acceptors (Lipinski definition) is 1. The molecule has 13 heavy (non-hydrogen) atoms. The van der Waals surface area contributed by atoms with Gasteiger partial charge in [-0.3, -0.25) is 0 Å². The maximum Gasteiger partial charge on any atom is 0.404 e. The average molecular weight is 265 g/mol. The van der Waals surface area contributed by atoms with E-state index in [2.05, 4.69) is 21.2 Å². The summed E-state index contributed by atoms with van der Waals surface area (Å²) in [5, 5.41) is 11.2. The summed E-state index contributed by atoms with van der Waals surface area (Å²) in [6.45, 7) is 0.247. The molecule has 0 bridgehead atoms. The van der Waals surface area contributed by atoms with Gasteiger partial charge in [-0.2, -0.15) is 0 Å². The molecule has 1 aromatic carbocycles. The SMILES string of the molecule is O=C(O)NCc1cccc(Cl)c1Br. The van der Waals surface area contributed by atoms with E-state index in [0.29, 0.717) is 5.02 Å². The van der Waals surface area contributed by atoms with Gasteiger partial charge < -0.3 is 10.4 Å². The van der Waals surface area contributed by atoms with Crippen molar-refractivity contribution >= 4 is 33.6 Å². The van der Waals surface area contributed by atoms with Crippen LogP contribution < -0.4 is 5.32 Å². The number of benzene rings is 1. The topological polar surface area (TPSA) is 49.3 Å². The Kier molecular flexibility index (Phi) is 3.57. The summed E-state index contributed by atoms with van der Waals surface area (Å²) >= 11 is 9.07. The van der Waals surface area contributed by atoms with E-state index in [1.165, 1.54) is 0 Å². The van der Waals surface area contributed by atoms with Crippen LogP contribution in [0.5, 0.6) is 0 Å². The molecule has 0 aromatic heterocycles. The second-order valence-electron chi connectivity index (χ2n) is 2.37. The van der Waals surface area contributed by atoms with Crippen LogP contribution in [0.1, 0.15) is 5.56 Å². The summed E-state index contributed by atoms with van der Waals surface area (Å²) in [5.74, 6) is 0. The molecule has 1 amide bonds. The zero-order valence-electron chi connectivity index (χ0n) is 6.55. The van der Waals surface area contributed by atoms with E-state index in [1.54, 1.807) is 18.2 Å². The summed E-state index contributed by atoms with van der Waals surface area (Å²) in [5.41, 5.74) is 0.815. The molecular weight excluding hydrogens is 257 g/mol. The lowest BCUT2D eigenvalue weighted by Gasteiger charge is -2.05. The van der Waals surface area contributed by atoms with Gasteiger partial charge in [0.25, 0.3) is 0 Å². The van der Waals surface area contributed by atoms with Gasteiger partial charge in [-0.25, -0.2) is 4.79 Å². The van der Waals surface area contributed by atoms with Crippen molar-refractivity contribution in [2.24, 2.45) is 0 Å². The Morgan fingerprint density at radius 1 is 1.62 bits per heavy atom. The Morgan fingerprint density at radius 2 is 2.31 bits per heavy atom. The number of carboxylic acid groups (broad SMARTS) is 1. The number of hydrogen-bond donors (Lipinski definition) is 2. The Hall–Kier alpha value is -0.740. The van der Waals surface area contributed by atoms with E-state index >= 15 is 0 Å². The number of nitrogens with one attached hydrogen (secondary N) is 1. The van der Waals surface area contributed by atoms with Crippen molar-refractivity contribution in [1.29, 1.82) is 0 Å². The Morgan fingerprint density at radius 3 is 2.92 bits per heavy atom. The van der Waals surface area contributed by atoms with Gasteiger partial charge in [0, 0.05) is 11.0 Å². The smallest absolute Gasteiger partial charge is 0.404 e. The maximum absolute atomic E-state index is 10.2. The van der Waals surface area contributed by atoms with E-state index in [0.717, 1.165) is 10.0 Å². The number of rotatable bonds is 2. The monoisotopic (exact) mass is 263 g/mol. The molecule has 1 aromatic rings. The van der Waals surface area contributed by atoms with E-state index < -0.39 is 6.09 Å². The molecule has 2 N–H and O–H groups in total. The lowest BCUT2D eigenvalue weighted by atomic mass is 10.2. The molecule has 0 spiro atoms. The van der Waals surface area contributed by atoms with Crippen molar-refractivity contribution in [3.05, 3.63) is 33.3 Å². The minimum Gasteiger partial charge on any atom is -0.465 e. The molecular formula is C8H7BrClNO2. The number of amides is 1. The minimum absolute atomic E-state index is 0.247. The Balaban J connectivity index is 2.77. The molecule has 0 aliphatic carbocycles. The second-order valence-corrected chi connectivity index (χ2v) is 3.57. The standard InChI is InChI=1S/C8H7BrClNO2/c9-7-5(4-11-8(12)13)2-1-3-6(7)10/h1-3,11H,4H2,(H,12,13). The minimum atomic E-state index is -1.05. The van der Waals surface area contributed by atoms with Crippen molar-refractivity contribution in [2.75, 3.05) is 0 Å². The van der Waals surface area contributed by atoms with Gasteiger partial charge in [-0.05, 0) is 27.6 Å².